The fourth-order valence-corrected chi connectivity index (χ4v) is 2.21. The molecule has 0 aliphatic carbocycles. The fraction of sp³-hybridized carbons (Fsp3) is 0. The summed E-state index contributed by atoms with van der Waals surface area (Å²) in [7, 11) is 2.34. The zero-order valence-electron chi connectivity index (χ0n) is 4.15. The summed E-state index contributed by atoms with van der Waals surface area (Å²) in [4.78, 5) is 0. The van der Waals surface area contributed by atoms with Gasteiger partial charge in [0.2, 0.25) is 0 Å². The van der Waals surface area contributed by atoms with Crippen LogP contribution in [0.25, 0.3) is 0 Å². The van der Waals surface area contributed by atoms with Crippen molar-refractivity contribution in [1.82, 2.24) is 3.13 Å². The average Bonchev–Trinajstić information content (AvgIpc) is 2.12. The molecular formula is C4H6MoNOP. The summed E-state index contributed by atoms with van der Waals surface area (Å²) in [6, 6.07) is 3.74. The van der Waals surface area contributed by atoms with Gasteiger partial charge in [-0.3, -0.25) is 0 Å². The van der Waals surface area contributed by atoms with Gasteiger partial charge in [-0.15, -0.1) is 0 Å². The van der Waals surface area contributed by atoms with Crippen molar-refractivity contribution in [1.29, 1.82) is 0 Å². The molecule has 0 saturated heterocycles. The van der Waals surface area contributed by atoms with Crippen molar-refractivity contribution in [3.63, 3.8) is 0 Å². The second-order valence-corrected chi connectivity index (χ2v) is 6.10. The Morgan fingerprint density at radius 2 is 1.88 bits per heavy atom. The first-order chi connectivity index (χ1) is 3.80. The summed E-state index contributed by atoms with van der Waals surface area (Å²) in [5.41, 5.74) is 0. The van der Waals surface area contributed by atoms with Crippen LogP contribution in [-0.2, 0) is 20.4 Å². The molecule has 0 saturated carbocycles. The molecule has 2 nitrogen and oxygen atoms in total. The number of hydrogen-bond donors (Lipinski definition) is 0. The van der Waals surface area contributed by atoms with Gasteiger partial charge in [-0.2, -0.15) is 0 Å². The molecule has 0 radical (unpaired) electrons. The van der Waals surface area contributed by atoms with E-state index in [2.05, 4.69) is 7.33 Å². The summed E-state index contributed by atoms with van der Waals surface area (Å²) in [6.07, 6.45) is 3.63. The normalized spacial score (nSPS) is 10.2. The zero-order valence-corrected chi connectivity index (χ0v) is 7.31. The Morgan fingerprint density at radius 1 is 1.38 bits per heavy atom. The Balaban J connectivity index is 2.93. The third-order valence-corrected chi connectivity index (χ3v) is 3.84. The van der Waals surface area contributed by atoms with Crippen LogP contribution in [0.3, 0.4) is 0 Å². The van der Waals surface area contributed by atoms with Crippen LogP contribution in [0.5, 0.6) is 0 Å². The second kappa shape index (κ2) is 2.66. The monoisotopic (exact) mass is 213 g/mol. The number of hydrogen-bond acceptors (Lipinski definition) is 1. The minimum absolute atomic E-state index is 1.74. The molecule has 4 heteroatoms. The second-order valence-electron chi connectivity index (χ2n) is 1.32. The first kappa shape index (κ1) is 6.32. The Kier molecular flexibility index (Phi) is 2.10. The molecule has 1 rings (SSSR count). The van der Waals surface area contributed by atoms with Crippen LogP contribution in [0.15, 0.2) is 24.5 Å². The Hall–Kier alpha value is 0.198. The molecule has 0 spiro atoms. The van der Waals surface area contributed by atoms with E-state index in [0.717, 1.165) is 0 Å². The zero-order chi connectivity index (χ0) is 5.98. The van der Waals surface area contributed by atoms with E-state index in [1.807, 2.05) is 24.5 Å². The van der Waals surface area contributed by atoms with Crippen LogP contribution >= 0.6 is 7.33 Å². The van der Waals surface area contributed by atoms with E-state index < -0.39 is 17.0 Å². The first-order valence-corrected chi connectivity index (χ1v) is 7.77. The maximum atomic E-state index is 10.7. The van der Waals surface area contributed by atoms with Gasteiger partial charge in [0.25, 0.3) is 0 Å². The predicted molar refractivity (Wildman–Crippen MR) is 30.2 cm³/mol. The molecule has 1 unspecified atom stereocenters. The summed E-state index contributed by atoms with van der Waals surface area (Å²) < 4.78 is 12.4. The standard InChI is InChI=1S/C4H4N.Mo.O.H2P/c1-2-4-5-3-1;;;/h1-4H;;;1H2/q-1;+2;;-1. The van der Waals surface area contributed by atoms with Crippen molar-refractivity contribution in [2.45, 2.75) is 0 Å². The SMILES string of the molecule is [O]=[Mo]([PH2])[n]1cccc1. The first-order valence-electron chi connectivity index (χ1n) is 2.10. The summed E-state index contributed by atoms with van der Waals surface area (Å²) in [5.74, 6) is 0. The van der Waals surface area contributed by atoms with E-state index in [-0.39, 0.29) is 0 Å². The predicted octanol–water partition coefficient (Wildman–Crippen LogP) is 1.00. The van der Waals surface area contributed by atoms with Gasteiger partial charge in [0, 0.05) is 0 Å². The van der Waals surface area contributed by atoms with Crippen LogP contribution in [0.1, 0.15) is 0 Å². The molecule has 0 aliphatic heterocycles. The molecule has 0 fully saturated rings. The van der Waals surface area contributed by atoms with Crippen LogP contribution in [0, 0.1) is 0 Å². The number of rotatable bonds is 1. The molecule has 1 aromatic heterocycles. The van der Waals surface area contributed by atoms with Gasteiger partial charge in [0.15, 0.2) is 0 Å². The Morgan fingerprint density at radius 3 is 2.12 bits per heavy atom. The topological polar surface area (TPSA) is 22.0 Å². The van der Waals surface area contributed by atoms with Gasteiger partial charge < -0.3 is 0 Å². The molecule has 0 N–H and O–H groups in total. The van der Waals surface area contributed by atoms with E-state index in [4.69, 9.17) is 0 Å². The van der Waals surface area contributed by atoms with Crippen molar-refractivity contribution >= 4 is 7.33 Å². The van der Waals surface area contributed by atoms with Crippen LogP contribution in [0.4, 0.5) is 0 Å². The maximum absolute atomic E-state index is 10.7. The van der Waals surface area contributed by atoms with Crippen LogP contribution < -0.4 is 0 Å². The molecule has 0 aliphatic rings. The molecule has 1 atom stereocenters. The third-order valence-electron chi connectivity index (χ3n) is 0.785. The molecule has 0 amide bonds. The van der Waals surface area contributed by atoms with Crippen molar-refractivity contribution < 1.29 is 20.4 Å². The summed E-state index contributed by atoms with van der Waals surface area (Å²) in [6.45, 7) is 0. The van der Waals surface area contributed by atoms with E-state index in [0.29, 0.717) is 0 Å². The van der Waals surface area contributed by atoms with Gasteiger partial charge in [-0.25, -0.2) is 0 Å². The number of aromatic nitrogens is 1. The third kappa shape index (κ3) is 1.34. The fourth-order valence-electron chi connectivity index (χ4n) is 0.439. The summed E-state index contributed by atoms with van der Waals surface area (Å²) >= 11 is -2.16. The van der Waals surface area contributed by atoms with Crippen molar-refractivity contribution in [2.24, 2.45) is 0 Å². The molecule has 1 aromatic rings. The molecular weight excluding hydrogens is 205 g/mol. The van der Waals surface area contributed by atoms with Crippen LogP contribution in [0.2, 0.25) is 0 Å². The van der Waals surface area contributed by atoms with Gasteiger partial charge in [0.1, 0.15) is 0 Å². The van der Waals surface area contributed by atoms with Crippen LogP contribution in [-0.4, -0.2) is 3.13 Å². The van der Waals surface area contributed by atoms with E-state index >= 15 is 0 Å². The quantitative estimate of drug-likeness (QED) is 0.501. The Labute approximate surface area is 55.7 Å². The molecule has 1 heterocycles. The van der Waals surface area contributed by atoms with E-state index in [9.17, 15) is 3.40 Å². The number of nitrogens with zero attached hydrogens (tertiary/aromatic N) is 1. The van der Waals surface area contributed by atoms with Gasteiger partial charge in [0.05, 0.1) is 0 Å². The molecule has 44 valence electrons. The van der Waals surface area contributed by atoms with Crippen molar-refractivity contribution in [3.05, 3.63) is 24.5 Å². The van der Waals surface area contributed by atoms with Gasteiger partial charge in [-0.05, 0) is 0 Å². The van der Waals surface area contributed by atoms with E-state index in [1.54, 1.807) is 3.13 Å². The Bertz CT molecular complexity index is 184. The van der Waals surface area contributed by atoms with Crippen molar-refractivity contribution in [2.75, 3.05) is 0 Å². The molecule has 0 aromatic carbocycles. The van der Waals surface area contributed by atoms with Gasteiger partial charge >= 0.3 is 55.4 Å². The van der Waals surface area contributed by atoms with E-state index in [1.165, 1.54) is 0 Å². The molecule has 0 bridgehead atoms. The average molecular weight is 211 g/mol. The van der Waals surface area contributed by atoms with Gasteiger partial charge in [-0.1, -0.05) is 0 Å². The summed E-state index contributed by atoms with van der Waals surface area (Å²) in [5, 5.41) is 0. The molecule has 8 heavy (non-hydrogen) atoms. The minimum atomic E-state index is -2.16. The van der Waals surface area contributed by atoms with Crippen molar-refractivity contribution in [3.8, 4) is 0 Å².